The van der Waals surface area contributed by atoms with Crippen LogP contribution < -0.4 is 5.32 Å². The number of nitrogens with one attached hydrogen (secondary N) is 1. The van der Waals surface area contributed by atoms with Crippen LogP contribution in [0.25, 0.3) is 0 Å². The topological polar surface area (TPSA) is 56.1 Å². The zero-order valence-corrected chi connectivity index (χ0v) is 13.8. The Morgan fingerprint density at radius 2 is 2.12 bits per heavy atom. The zero-order valence-electron chi connectivity index (χ0n) is 13.8. The molecule has 1 aromatic heterocycles. The minimum absolute atomic E-state index is 0.0245. The second kappa shape index (κ2) is 7.59. The summed E-state index contributed by atoms with van der Waals surface area (Å²) in [5.74, 6) is -2.17. The molecule has 1 saturated carbocycles. The van der Waals surface area contributed by atoms with Crippen molar-refractivity contribution in [3.8, 4) is 0 Å². The van der Waals surface area contributed by atoms with Gasteiger partial charge in [-0.2, -0.15) is 5.10 Å². The highest BCUT2D eigenvalue weighted by Gasteiger charge is 2.36. The maximum atomic E-state index is 13.1. The van der Waals surface area contributed by atoms with Crippen LogP contribution in [-0.4, -0.2) is 40.9 Å². The van der Waals surface area contributed by atoms with E-state index in [0.717, 1.165) is 12.8 Å². The Bertz CT molecular complexity index is 526. The second-order valence-electron chi connectivity index (χ2n) is 6.95. The lowest BCUT2D eigenvalue weighted by molar-refractivity contribution is -0.132. The fourth-order valence-corrected chi connectivity index (χ4v) is 3.65. The first-order valence-electron chi connectivity index (χ1n) is 8.78. The van der Waals surface area contributed by atoms with E-state index in [-0.39, 0.29) is 30.6 Å². The van der Waals surface area contributed by atoms with E-state index >= 15 is 0 Å². The number of alkyl halides is 2. The largest absolute Gasteiger partial charge is 0.368 e. The molecule has 0 bridgehead atoms. The van der Waals surface area contributed by atoms with Crippen molar-refractivity contribution < 1.29 is 18.3 Å². The van der Waals surface area contributed by atoms with E-state index in [1.165, 1.54) is 0 Å². The first kappa shape index (κ1) is 17.3. The van der Waals surface area contributed by atoms with Crippen LogP contribution in [0.2, 0.25) is 0 Å². The first-order chi connectivity index (χ1) is 11.5. The van der Waals surface area contributed by atoms with Gasteiger partial charge in [-0.05, 0) is 37.7 Å². The number of ether oxygens (including phenoxy) is 1. The summed E-state index contributed by atoms with van der Waals surface area (Å²) in [6.07, 6.45) is 5.81. The smallest absolute Gasteiger partial charge is 0.249 e. The van der Waals surface area contributed by atoms with Crippen molar-refractivity contribution in [3.63, 3.8) is 0 Å². The molecule has 1 aliphatic heterocycles. The molecule has 7 heteroatoms. The molecule has 1 aromatic rings. The van der Waals surface area contributed by atoms with Crippen LogP contribution in [0.15, 0.2) is 18.5 Å². The fraction of sp³-hybridized carbons (Fsp3) is 0.765. The molecule has 1 aliphatic carbocycles. The Kier molecular flexibility index (Phi) is 5.48. The maximum Gasteiger partial charge on any atom is 0.249 e. The lowest BCUT2D eigenvalue weighted by Gasteiger charge is -2.28. The molecule has 2 heterocycles. The van der Waals surface area contributed by atoms with Gasteiger partial charge in [0.05, 0.1) is 0 Å². The number of amides is 1. The first-order valence-corrected chi connectivity index (χ1v) is 8.78. The Morgan fingerprint density at radius 3 is 2.83 bits per heavy atom. The number of aromatic nitrogens is 2. The van der Waals surface area contributed by atoms with Gasteiger partial charge >= 0.3 is 0 Å². The number of halogens is 2. The van der Waals surface area contributed by atoms with Gasteiger partial charge in [-0.25, -0.2) is 8.78 Å². The van der Waals surface area contributed by atoms with Gasteiger partial charge < -0.3 is 10.1 Å². The summed E-state index contributed by atoms with van der Waals surface area (Å²) in [4.78, 5) is 12.3. The molecule has 0 aromatic carbocycles. The van der Waals surface area contributed by atoms with Crippen LogP contribution in [0.1, 0.15) is 38.5 Å². The minimum Gasteiger partial charge on any atom is -0.368 e. The van der Waals surface area contributed by atoms with Crippen molar-refractivity contribution >= 4 is 5.91 Å². The molecular weight excluding hydrogens is 316 g/mol. The summed E-state index contributed by atoms with van der Waals surface area (Å²) in [6, 6.07) is 1.86. The van der Waals surface area contributed by atoms with Crippen molar-refractivity contribution in [2.45, 2.75) is 57.1 Å². The molecule has 2 aliphatic rings. The van der Waals surface area contributed by atoms with Gasteiger partial charge in [-0.3, -0.25) is 9.48 Å². The lowest BCUT2D eigenvalue weighted by Crippen LogP contribution is -2.40. The monoisotopic (exact) mass is 341 g/mol. The molecule has 24 heavy (non-hydrogen) atoms. The van der Waals surface area contributed by atoms with Gasteiger partial charge in [-0.1, -0.05) is 0 Å². The van der Waals surface area contributed by atoms with Crippen LogP contribution >= 0.6 is 0 Å². The highest BCUT2D eigenvalue weighted by Crippen LogP contribution is 2.37. The summed E-state index contributed by atoms with van der Waals surface area (Å²) in [5, 5.41) is 7.10. The van der Waals surface area contributed by atoms with Crippen molar-refractivity contribution in [3.05, 3.63) is 18.5 Å². The van der Waals surface area contributed by atoms with E-state index in [4.69, 9.17) is 4.74 Å². The number of hydrogen-bond donors (Lipinski definition) is 1. The maximum absolute atomic E-state index is 13.1. The SMILES string of the molecule is O=C(NCCC1CCC(F)(F)CC1)[C@@H]1OCC[C@@H]1Cn1cccn1. The Hall–Kier alpha value is -1.50. The van der Waals surface area contributed by atoms with E-state index in [1.807, 2.05) is 16.9 Å². The average molecular weight is 341 g/mol. The van der Waals surface area contributed by atoms with Crippen LogP contribution in [0, 0.1) is 11.8 Å². The van der Waals surface area contributed by atoms with Crippen LogP contribution in [-0.2, 0) is 16.1 Å². The van der Waals surface area contributed by atoms with Crippen LogP contribution in [0.5, 0.6) is 0 Å². The molecule has 2 fully saturated rings. The minimum atomic E-state index is -2.49. The summed E-state index contributed by atoms with van der Waals surface area (Å²) in [5.41, 5.74) is 0. The average Bonchev–Trinajstić information content (AvgIpc) is 3.21. The quantitative estimate of drug-likeness (QED) is 0.865. The normalized spacial score (nSPS) is 27.2. The van der Waals surface area contributed by atoms with Gasteiger partial charge in [0.25, 0.3) is 0 Å². The molecule has 1 amide bonds. The van der Waals surface area contributed by atoms with E-state index in [9.17, 15) is 13.6 Å². The second-order valence-corrected chi connectivity index (χ2v) is 6.95. The molecule has 1 saturated heterocycles. The predicted octanol–water partition coefficient (Wildman–Crippen LogP) is 2.62. The Balaban J connectivity index is 1.40. The molecule has 0 radical (unpaired) electrons. The van der Waals surface area contributed by atoms with E-state index in [1.54, 1.807) is 6.20 Å². The molecule has 1 N–H and O–H groups in total. The third kappa shape index (κ3) is 4.53. The fourth-order valence-electron chi connectivity index (χ4n) is 3.65. The summed E-state index contributed by atoms with van der Waals surface area (Å²) in [7, 11) is 0. The van der Waals surface area contributed by atoms with Crippen LogP contribution in [0.3, 0.4) is 0 Å². The standard InChI is InChI=1S/C17H25F2N3O2/c18-17(19)6-2-13(3-7-17)4-9-20-16(23)15-14(5-11-24-15)12-22-10-1-8-21-22/h1,8,10,13-15H,2-7,9,11-12H2,(H,20,23)/t14-,15-/m1/s1. The van der Waals surface area contributed by atoms with E-state index in [0.29, 0.717) is 32.5 Å². The van der Waals surface area contributed by atoms with Crippen molar-refractivity contribution in [1.82, 2.24) is 15.1 Å². The number of carbonyl (C=O) groups is 1. The molecule has 134 valence electrons. The zero-order chi connectivity index (χ0) is 17.0. The molecule has 0 spiro atoms. The lowest BCUT2D eigenvalue weighted by atomic mass is 9.85. The van der Waals surface area contributed by atoms with E-state index in [2.05, 4.69) is 10.4 Å². The summed E-state index contributed by atoms with van der Waals surface area (Å²) in [6.45, 7) is 1.79. The van der Waals surface area contributed by atoms with Crippen molar-refractivity contribution in [2.24, 2.45) is 11.8 Å². The number of hydrogen-bond acceptors (Lipinski definition) is 3. The van der Waals surface area contributed by atoms with Crippen molar-refractivity contribution in [1.29, 1.82) is 0 Å². The molecule has 2 atom stereocenters. The molecule has 0 unspecified atom stereocenters. The van der Waals surface area contributed by atoms with Gasteiger partial charge in [0, 0.05) is 50.8 Å². The Morgan fingerprint density at radius 1 is 1.33 bits per heavy atom. The van der Waals surface area contributed by atoms with Crippen molar-refractivity contribution in [2.75, 3.05) is 13.2 Å². The van der Waals surface area contributed by atoms with Gasteiger partial charge in [0.1, 0.15) is 6.10 Å². The molecule has 3 rings (SSSR count). The summed E-state index contributed by atoms with van der Waals surface area (Å²) < 4.78 is 33.7. The third-order valence-electron chi connectivity index (χ3n) is 5.14. The van der Waals surface area contributed by atoms with E-state index < -0.39 is 12.0 Å². The molecular formula is C17H25F2N3O2. The third-order valence-corrected chi connectivity index (χ3v) is 5.14. The number of rotatable bonds is 6. The Labute approximate surface area is 140 Å². The number of nitrogens with zero attached hydrogens (tertiary/aromatic N) is 2. The molecule has 5 nitrogen and oxygen atoms in total. The van der Waals surface area contributed by atoms with Crippen LogP contribution in [0.4, 0.5) is 8.78 Å². The van der Waals surface area contributed by atoms with Gasteiger partial charge in [0.15, 0.2) is 0 Å². The summed E-state index contributed by atoms with van der Waals surface area (Å²) >= 11 is 0. The predicted molar refractivity (Wildman–Crippen MR) is 84.6 cm³/mol. The highest BCUT2D eigenvalue weighted by molar-refractivity contribution is 5.81. The highest BCUT2D eigenvalue weighted by atomic mass is 19.3. The number of carbonyl (C=O) groups excluding carboxylic acids is 1. The van der Waals surface area contributed by atoms with Gasteiger partial charge in [0.2, 0.25) is 11.8 Å². The van der Waals surface area contributed by atoms with Gasteiger partial charge in [-0.15, -0.1) is 0 Å².